The Morgan fingerprint density at radius 3 is 2.32 bits per heavy atom. The van der Waals surface area contributed by atoms with Gasteiger partial charge in [0.1, 0.15) is 0 Å². The highest BCUT2D eigenvalue weighted by Crippen LogP contribution is 2.33. The van der Waals surface area contributed by atoms with Gasteiger partial charge in [0.25, 0.3) is 5.91 Å². The van der Waals surface area contributed by atoms with Crippen LogP contribution in [0.3, 0.4) is 0 Å². The zero-order chi connectivity index (χ0) is 25.8. The molecular weight excluding hydrogens is 485 g/mol. The van der Waals surface area contributed by atoms with Gasteiger partial charge in [0.05, 0.1) is 17.9 Å². The minimum atomic E-state index is -4.43. The first kappa shape index (κ1) is 24.7. The Morgan fingerprint density at radius 1 is 0.946 bits per heavy atom. The lowest BCUT2D eigenvalue weighted by molar-refractivity contribution is -0.137. The van der Waals surface area contributed by atoms with Gasteiger partial charge in [0.2, 0.25) is 0 Å². The van der Waals surface area contributed by atoms with Crippen molar-refractivity contribution in [3.05, 3.63) is 101 Å². The third kappa shape index (κ3) is 5.56. The lowest BCUT2D eigenvalue weighted by Crippen LogP contribution is -2.50. The van der Waals surface area contributed by atoms with Crippen molar-refractivity contribution in [3.8, 4) is 0 Å². The van der Waals surface area contributed by atoms with E-state index in [1.54, 1.807) is 21.7 Å². The lowest BCUT2D eigenvalue weighted by Gasteiger charge is -2.38. The number of piperazine rings is 1. The Kier molecular flexibility index (Phi) is 7.04. The summed E-state index contributed by atoms with van der Waals surface area (Å²) in [6.45, 7) is 2.36. The Balaban J connectivity index is 1.40. The fourth-order valence-electron chi connectivity index (χ4n) is 4.56. The minimum absolute atomic E-state index is 0.191. The summed E-state index contributed by atoms with van der Waals surface area (Å²) in [5, 5.41) is 12.4. The molecule has 192 valence electrons. The van der Waals surface area contributed by atoms with Gasteiger partial charge in [-0.2, -0.15) is 13.2 Å². The number of nitrogens with zero attached hydrogens (tertiary/aromatic N) is 6. The van der Waals surface area contributed by atoms with Crippen molar-refractivity contribution < 1.29 is 22.4 Å². The average molecular weight is 511 g/mol. The quantitative estimate of drug-likeness (QED) is 0.373. The maximum Gasteiger partial charge on any atom is 0.416 e. The number of carbonyl (C=O) groups excluding carboxylic acids is 1. The highest BCUT2D eigenvalue weighted by atomic mass is 19.4. The first-order chi connectivity index (χ1) is 17.9. The van der Waals surface area contributed by atoms with Crippen LogP contribution in [0, 0.1) is 0 Å². The van der Waals surface area contributed by atoms with Crippen LogP contribution in [0.1, 0.15) is 39.1 Å². The van der Waals surface area contributed by atoms with Gasteiger partial charge < -0.3 is 9.32 Å². The zero-order valence-corrected chi connectivity index (χ0v) is 19.9. The smallest absolute Gasteiger partial charge is 0.416 e. The molecule has 2 aromatic heterocycles. The van der Waals surface area contributed by atoms with Gasteiger partial charge in [-0.15, -0.1) is 5.10 Å². The Morgan fingerprint density at radius 2 is 1.68 bits per heavy atom. The summed E-state index contributed by atoms with van der Waals surface area (Å²) >= 11 is 0. The average Bonchev–Trinajstić information content (AvgIpc) is 3.61. The summed E-state index contributed by atoms with van der Waals surface area (Å²) in [5.41, 5.74) is 1.06. The molecule has 5 rings (SSSR count). The second-order valence-electron chi connectivity index (χ2n) is 8.82. The molecule has 0 saturated carbocycles. The van der Waals surface area contributed by atoms with Gasteiger partial charge in [-0.25, -0.2) is 4.68 Å². The molecule has 1 fully saturated rings. The molecule has 0 aliphatic carbocycles. The van der Waals surface area contributed by atoms with E-state index < -0.39 is 17.8 Å². The third-order valence-corrected chi connectivity index (χ3v) is 6.51. The van der Waals surface area contributed by atoms with E-state index in [9.17, 15) is 18.0 Å². The standard InChI is InChI=1S/C26H25F3N6O2/c27-26(28,29)21-10-8-20(9-11-21)23(24-30-31-32-35(24)13-12-19-5-2-1-3-6-19)33-14-16-34(17-15-33)25(36)22-7-4-18-37-22/h1-11,18,23H,12-17H2. The summed E-state index contributed by atoms with van der Waals surface area (Å²) in [6, 6.07) is 17.8. The number of rotatable bonds is 7. The van der Waals surface area contributed by atoms with E-state index in [1.807, 2.05) is 30.3 Å². The molecule has 0 N–H and O–H groups in total. The van der Waals surface area contributed by atoms with Crippen LogP contribution in [0.4, 0.5) is 13.2 Å². The molecule has 3 heterocycles. The van der Waals surface area contributed by atoms with E-state index in [-0.39, 0.29) is 11.7 Å². The van der Waals surface area contributed by atoms with Gasteiger partial charge in [0, 0.05) is 32.7 Å². The van der Waals surface area contributed by atoms with Crippen LogP contribution in [0.25, 0.3) is 0 Å². The highest BCUT2D eigenvalue weighted by Gasteiger charge is 2.34. The van der Waals surface area contributed by atoms with E-state index in [0.29, 0.717) is 50.5 Å². The van der Waals surface area contributed by atoms with E-state index in [4.69, 9.17) is 4.42 Å². The van der Waals surface area contributed by atoms with Gasteiger partial charge >= 0.3 is 6.18 Å². The van der Waals surface area contributed by atoms with E-state index in [1.165, 1.54) is 18.4 Å². The number of hydrogen-bond acceptors (Lipinski definition) is 6. The van der Waals surface area contributed by atoms with Crippen LogP contribution in [-0.2, 0) is 19.1 Å². The van der Waals surface area contributed by atoms with E-state index in [0.717, 1.165) is 17.7 Å². The minimum Gasteiger partial charge on any atom is -0.459 e. The number of aromatic nitrogens is 4. The molecule has 0 radical (unpaired) electrons. The summed E-state index contributed by atoms with van der Waals surface area (Å²) in [5.74, 6) is 0.627. The molecule has 0 spiro atoms. The fourth-order valence-corrected chi connectivity index (χ4v) is 4.56. The van der Waals surface area contributed by atoms with E-state index >= 15 is 0 Å². The molecule has 4 aromatic rings. The number of furan rings is 1. The maximum atomic E-state index is 13.2. The number of amides is 1. The number of alkyl halides is 3. The second kappa shape index (κ2) is 10.6. The largest absolute Gasteiger partial charge is 0.459 e. The van der Waals surface area contributed by atoms with Crippen molar-refractivity contribution in [1.29, 1.82) is 0 Å². The van der Waals surface area contributed by atoms with E-state index in [2.05, 4.69) is 20.4 Å². The van der Waals surface area contributed by atoms with Gasteiger partial charge in [-0.1, -0.05) is 42.5 Å². The van der Waals surface area contributed by atoms with Crippen molar-refractivity contribution in [2.45, 2.75) is 25.2 Å². The Labute approximate surface area is 211 Å². The summed E-state index contributed by atoms with van der Waals surface area (Å²) < 4.78 is 46.6. The predicted octanol–water partition coefficient (Wildman–Crippen LogP) is 4.08. The normalized spacial score (nSPS) is 15.6. The molecule has 37 heavy (non-hydrogen) atoms. The number of aryl methyl sites for hydroxylation is 2. The van der Waals surface area contributed by atoms with Gasteiger partial charge in [0.15, 0.2) is 11.6 Å². The summed E-state index contributed by atoms with van der Waals surface area (Å²) in [4.78, 5) is 16.5. The first-order valence-corrected chi connectivity index (χ1v) is 11.9. The van der Waals surface area contributed by atoms with Crippen molar-refractivity contribution in [3.63, 3.8) is 0 Å². The Hall–Kier alpha value is -3.99. The number of tetrazole rings is 1. The van der Waals surface area contributed by atoms with Crippen molar-refractivity contribution in [2.75, 3.05) is 26.2 Å². The van der Waals surface area contributed by atoms with Gasteiger partial charge in [-0.05, 0) is 52.2 Å². The van der Waals surface area contributed by atoms with Gasteiger partial charge in [-0.3, -0.25) is 9.69 Å². The predicted molar refractivity (Wildman–Crippen MR) is 127 cm³/mol. The van der Waals surface area contributed by atoms with Crippen LogP contribution in [-0.4, -0.2) is 62.1 Å². The van der Waals surface area contributed by atoms with Crippen LogP contribution < -0.4 is 0 Å². The number of halogens is 3. The molecular formula is C26H25F3N6O2. The molecule has 1 aliphatic heterocycles. The van der Waals surface area contributed by atoms with Crippen LogP contribution in [0.15, 0.2) is 77.4 Å². The van der Waals surface area contributed by atoms with Crippen molar-refractivity contribution in [2.24, 2.45) is 0 Å². The van der Waals surface area contributed by atoms with Crippen molar-refractivity contribution in [1.82, 2.24) is 30.0 Å². The summed E-state index contributed by atoms with van der Waals surface area (Å²) in [6.07, 6.45) is -2.27. The molecule has 1 aliphatic rings. The maximum absolute atomic E-state index is 13.2. The SMILES string of the molecule is O=C(c1ccco1)N1CCN(C(c2ccc(C(F)(F)F)cc2)c2nnnn2CCc2ccccc2)CC1. The zero-order valence-electron chi connectivity index (χ0n) is 19.9. The molecule has 8 nitrogen and oxygen atoms in total. The monoisotopic (exact) mass is 510 g/mol. The molecule has 1 saturated heterocycles. The third-order valence-electron chi connectivity index (χ3n) is 6.51. The second-order valence-corrected chi connectivity index (χ2v) is 8.82. The lowest BCUT2D eigenvalue weighted by atomic mass is 10.0. The molecule has 0 bridgehead atoms. The molecule has 1 atom stereocenters. The van der Waals surface area contributed by atoms with Crippen LogP contribution >= 0.6 is 0 Å². The Bertz CT molecular complexity index is 1300. The summed E-state index contributed by atoms with van der Waals surface area (Å²) in [7, 11) is 0. The number of hydrogen-bond donors (Lipinski definition) is 0. The molecule has 2 aromatic carbocycles. The van der Waals surface area contributed by atoms with Crippen molar-refractivity contribution >= 4 is 5.91 Å². The molecule has 11 heteroatoms. The molecule has 1 unspecified atom stereocenters. The topological polar surface area (TPSA) is 80.3 Å². The highest BCUT2D eigenvalue weighted by molar-refractivity contribution is 5.91. The number of benzene rings is 2. The fraction of sp³-hybridized carbons (Fsp3) is 0.308. The van der Waals surface area contributed by atoms with Crippen LogP contribution in [0.5, 0.6) is 0 Å². The first-order valence-electron chi connectivity index (χ1n) is 11.9. The number of carbonyl (C=O) groups is 1. The molecule has 1 amide bonds. The van der Waals surface area contributed by atoms with Crippen LogP contribution in [0.2, 0.25) is 0 Å².